The highest BCUT2D eigenvalue weighted by Crippen LogP contribution is 2.27. The monoisotopic (exact) mass is 401 g/mol. The Balaban J connectivity index is 1.75. The molecule has 0 spiro atoms. The van der Waals surface area contributed by atoms with Crippen LogP contribution in [0.5, 0.6) is 0 Å². The first-order valence-corrected chi connectivity index (χ1v) is 9.39. The molecule has 0 aliphatic carbocycles. The number of amides is 1. The second-order valence-corrected chi connectivity index (χ2v) is 7.39. The number of carbonyl (C=O) groups excluding carboxylic acids is 1. The van der Waals surface area contributed by atoms with Crippen LogP contribution in [0.3, 0.4) is 0 Å². The fourth-order valence-electron chi connectivity index (χ4n) is 2.35. The molecule has 0 atom stereocenters. The van der Waals surface area contributed by atoms with Gasteiger partial charge in [0.2, 0.25) is 5.91 Å². The number of hydrogen-bond acceptors (Lipinski definition) is 4. The molecule has 0 saturated carbocycles. The summed E-state index contributed by atoms with van der Waals surface area (Å²) in [7, 11) is 0. The van der Waals surface area contributed by atoms with Crippen LogP contribution in [-0.2, 0) is 4.79 Å². The zero-order valence-corrected chi connectivity index (χ0v) is 16.0. The number of thioether (sulfide) groups is 1. The van der Waals surface area contributed by atoms with E-state index < -0.39 is 0 Å². The predicted octanol–water partition coefficient (Wildman–Crippen LogP) is 5.45. The van der Waals surface area contributed by atoms with Crippen LogP contribution in [0, 0.1) is 18.3 Å². The minimum Gasteiger partial charge on any atom is -0.325 e. The number of rotatable bonds is 4. The van der Waals surface area contributed by atoms with Crippen LogP contribution in [0.1, 0.15) is 11.1 Å². The first-order valence-electron chi connectivity index (χ1n) is 7.65. The van der Waals surface area contributed by atoms with Crippen LogP contribution in [0.2, 0.25) is 10.0 Å². The molecule has 1 amide bonds. The molecule has 26 heavy (non-hydrogen) atoms. The normalized spacial score (nSPS) is 10.5. The van der Waals surface area contributed by atoms with Crippen molar-refractivity contribution in [3.63, 3.8) is 0 Å². The summed E-state index contributed by atoms with van der Waals surface area (Å²) in [6.07, 6.45) is 0. The molecule has 0 aliphatic heterocycles. The lowest BCUT2D eigenvalue weighted by Gasteiger charge is -2.08. The molecule has 0 saturated heterocycles. The number of benzene rings is 2. The van der Waals surface area contributed by atoms with E-state index in [0.717, 1.165) is 16.5 Å². The lowest BCUT2D eigenvalue weighted by molar-refractivity contribution is -0.113. The number of carbonyl (C=O) groups is 1. The van der Waals surface area contributed by atoms with Crippen molar-refractivity contribution in [3.8, 4) is 6.07 Å². The van der Waals surface area contributed by atoms with Gasteiger partial charge in [-0.05, 0) is 42.8 Å². The number of halogens is 2. The van der Waals surface area contributed by atoms with Crippen molar-refractivity contribution in [2.24, 2.45) is 0 Å². The van der Waals surface area contributed by atoms with Crippen molar-refractivity contribution in [2.45, 2.75) is 11.9 Å². The molecular weight excluding hydrogens is 389 g/mol. The van der Waals surface area contributed by atoms with Crippen molar-refractivity contribution in [1.82, 2.24) is 4.98 Å². The minimum absolute atomic E-state index is 0.124. The van der Waals surface area contributed by atoms with Gasteiger partial charge in [0, 0.05) is 11.1 Å². The summed E-state index contributed by atoms with van der Waals surface area (Å²) in [6, 6.07) is 14.7. The summed E-state index contributed by atoms with van der Waals surface area (Å²) in [5.41, 5.74) is 2.90. The Morgan fingerprint density at radius 2 is 2.00 bits per heavy atom. The van der Waals surface area contributed by atoms with Gasteiger partial charge in [-0.2, -0.15) is 5.26 Å². The van der Waals surface area contributed by atoms with Crippen LogP contribution >= 0.6 is 35.0 Å². The van der Waals surface area contributed by atoms with Gasteiger partial charge in [-0.15, -0.1) is 0 Å². The number of fused-ring (bicyclic) bond motifs is 1. The number of hydrogen-bond donors (Lipinski definition) is 1. The molecule has 1 heterocycles. The van der Waals surface area contributed by atoms with E-state index in [1.165, 1.54) is 11.8 Å². The van der Waals surface area contributed by atoms with Crippen LogP contribution in [0.25, 0.3) is 10.9 Å². The van der Waals surface area contributed by atoms with Gasteiger partial charge in [-0.1, -0.05) is 47.1 Å². The highest BCUT2D eigenvalue weighted by atomic mass is 35.5. The highest BCUT2D eigenvalue weighted by Gasteiger charge is 2.11. The Kier molecular flexibility index (Phi) is 5.67. The van der Waals surface area contributed by atoms with E-state index in [0.29, 0.717) is 26.3 Å². The number of pyridine rings is 1. The summed E-state index contributed by atoms with van der Waals surface area (Å²) in [5.74, 6) is -0.0948. The molecule has 7 heteroatoms. The highest BCUT2D eigenvalue weighted by molar-refractivity contribution is 8.00. The number of nitrogens with zero attached hydrogens (tertiary/aromatic N) is 2. The SMILES string of the molecule is Cc1ccc2cc(C#N)c(SCC(=O)Nc3ccc(Cl)c(Cl)c3)nc2c1. The molecule has 1 N–H and O–H groups in total. The van der Waals surface area contributed by atoms with E-state index in [4.69, 9.17) is 23.2 Å². The van der Waals surface area contributed by atoms with Gasteiger partial charge < -0.3 is 5.32 Å². The number of aromatic nitrogens is 1. The van der Waals surface area contributed by atoms with E-state index in [2.05, 4.69) is 16.4 Å². The standard InChI is InChI=1S/C19H13Cl2N3OS/c1-11-2-3-12-7-13(9-22)19(24-17(12)6-11)26-10-18(25)23-14-4-5-15(20)16(21)8-14/h2-8H,10H2,1H3,(H,23,25). The molecule has 3 aromatic rings. The van der Waals surface area contributed by atoms with Crippen LogP contribution < -0.4 is 5.32 Å². The molecule has 1 aromatic heterocycles. The summed E-state index contributed by atoms with van der Waals surface area (Å²) in [4.78, 5) is 16.7. The average Bonchev–Trinajstić information content (AvgIpc) is 2.62. The van der Waals surface area contributed by atoms with E-state index in [1.54, 1.807) is 24.3 Å². The largest absolute Gasteiger partial charge is 0.325 e. The number of nitrogens with one attached hydrogen (secondary N) is 1. The maximum atomic E-state index is 12.2. The lowest BCUT2D eigenvalue weighted by atomic mass is 10.1. The molecule has 0 radical (unpaired) electrons. The van der Waals surface area contributed by atoms with Crippen molar-refractivity contribution in [2.75, 3.05) is 11.1 Å². The maximum absolute atomic E-state index is 12.2. The van der Waals surface area contributed by atoms with Gasteiger partial charge in [0.05, 0.1) is 26.9 Å². The molecule has 2 aromatic carbocycles. The fraction of sp³-hybridized carbons (Fsp3) is 0.105. The molecule has 0 fully saturated rings. The predicted molar refractivity (Wildman–Crippen MR) is 107 cm³/mol. The maximum Gasteiger partial charge on any atom is 0.234 e. The summed E-state index contributed by atoms with van der Waals surface area (Å²) < 4.78 is 0. The second kappa shape index (κ2) is 7.96. The Labute approximate surface area is 165 Å². The minimum atomic E-state index is -0.219. The molecule has 0 bridgehead atoms. The van der Waals surface area contributed by atoms with Gasteiger partial charge in [-0.25, -0.2) is 4.98 Å². The van der Waals surface area contributed by atoms with Crippen LogP contribution in [0.4, 0.5) is 5.69 Å². The van der Waals surface area contributed by atoms with Gasteiger partial charge in [0.25, 0.3) is 0 Å². The van der Waals surface area contributed by atoms with Crippen molar-refractivity contribution in [1.29, 1.82) is 5.26 Å². The third kappa shape index (κ3) is 4.28. The van der Waals surface area contributed by atoms with Gasteiger partial charge in [-0.3, -0.25) is 4.79 Å². The van der Waals surface area contributed by atoms with E-state index in [-0.39, 0.29) is 11.7 Å². The molecule has 0 aliphatic rings. The van der Waals surface area contributed by atoms with E-state index >= 15 is 0 Å². The average molecular weight is 402 g/mol. The smallest absolute Gasteiger partial charge is 0.234 e. The quantitative estimate of drug-likeness (QED) is 0.589. The lowest BCUT2D eigenvalue weighted by Crippen LogP contribution is -2.14. The third-order valence-electron chi connectivity index (χ3n) is 3.60. The van der Waals surface area contributed by atoms with Crippen molar-refractivity contribution >= 4 is 57.5 Å². The van der Waals surface area contributed by atoms with Crippen molar-refractivity contribution < 1.29 is 4.79 Å². The first kappa shape index (κ1) is 18.5. The molecule has 0 unspecified atom stereocenters. The Morgan fingerprint density at radius 3 is 2.73 bits per heavy atom. The van der Waals surface area contributed by atoms with Crippen molar-refractivity contribution in [3.05, 3.63) is 63.6 Å². The van der Waals surface area contributed by atoms with E-state index in [9.17, 15) is 10.1 Å². The topological polar surface area (TPSA) is 65.8 Å². The van der Waals surface area contributed by atoms with Gasteiger partial charge in [0.1, 0.15) is 11.1 Å². The van der Waals surface area contributed by atoms with E-state index in [1.807, 2.05) is 25.1 Å². The summed E-state index contributed by atoms with van der Waals surface area (Å²) in [6.45, 7) is 1.98. The summed E-state index contributed by atoms with van der Waals surface area (Å²) in [5, 5.41) is 14.3. The fourth-order valence-corrected chi connectivity index (χ4v) is 3.42. The number of anilines is 1. The Bertz CT molecular complexity index is 1050. The Morgan fingerprint density at radius 1 is 1.19 bits per heavy atom. The Hall–Kier alpha value is -2.26. The van der Waals surface area contributed by atoms with Gasteiger partial charge >= 0.3 is 0 Å². The number of nitriles is 1. The summed E-state index contributed by atoms with van der Waals surface area (Å²) >= 11 is 13.0. The van der Waals surface area contributed by atoms with Gasteiger partial charge in [0.15, 0.2) is 0 Å². The van der Waals surface area contributed by atoms with Crippen LogP contribution in [-0.4, -0.2) is 16.6 Å². The molecular formula is C19H13Cl2N3OS. The molecule has 3 rings (SSSR count). The zero-order valence-electron chi connectivity index (χ0n) is 13.7. The molecule has 4 nitrogen and oxygen atoms in total. The second-order valence-electron chi connectivity index (χ2n) is 5.61. The molecule has 130 valence electrons. The van der Waals surface area contributed by atoms with Crippen LogP contribution in [0.15, 0.2) is 47.5 Å². The third-order valence-corrected chi connectivity index (χ3v) is 5.33. The first-order chi connectivity index (χ1) is 12.5. The zero-order chi connectivity index (χ0) is 18.7. The number of aryl methyl sites for hydroxylation is 1.